The third-order valence-corrected chi connectivity index (χ3v) is 3.49. The van der Waals surface area contributed by atoms with Crippen molar-refractivity contribution in [1.82, 2.24) is 15.6 Å². The van der Waals surface area contributed by atoms with E-state index in [1.807, 2.05) is 13.8 Å². The number of ether oxygens (including phenoxy) is 1. The third-order valence-electron chi connectivity index (χ3n) is 2.58. The van der Waals surface area contributed by atoms with Crippen LogP contribution >= 0.6 is 11.3 Å². The van der Waals surface area contributed by atoms with E-state index in [-0.39, 0.29) is 6.04 Å². The Hall–Kier alpha value is -1.35. The number of aliphatic imine (C=N–C) groups is 1. The topological polar surface area (TPSA) is 58.5 Å². The van der Waals surface area contributed by atoms with E-state index in [0.717, 1.165) is 16.7 Å². The van der Waals surface area contributed by atoms with Gasteiger partial charge in [-0.1, -0.05) is 0 Å². The molecule has 0 aromatic carbocycles. The Morgan fingerprint density at radius 2 is 2.23 bits per heavy atom. The number of hydrogen-bond donors (Lipinski definition) is 2. The van der Waals surface area contributed by atoms with Gasteiger partial charge in [0, 0.05) is 38.0 Å². The molecule has 22 heavy (non-hydrogen) atoms. The average molecular weight is 338 g/mol. The van der Waals surface area contributed by atoms with Crippen molar-refractivity contribution in [3.05, 3.63) is 16.1 Å². The first-order valence-electron chi connectivity index (χ1n) is 6.92. The van der Waals surface area contributed by atoms with Crippen LogP contribution < -0.4 is 10.6 Å². The highest BCUT2D eigenvalue weighted by molar-refractivity contribution is 7.09. The van der Waals surface area contributed by atoms with Gasteiger partial charge >= 0.3 is 6.18 Å². The molecule has 0 spiro atoms. The fourth-order valence-corrected chi connectivity index (χ4v) is 2.46. The van der Waals surface area contributed by atoms with E-state index in [1.165, 1.54) is 0 Å². The predicted octanol–water partition coefficient (Wildman–Crippen LogP) is 2.29. The first kappa shape index (κ1) is 18.7. The van der Waals surface area contributed by atoms with Crippen LogP contribution in [-0.4, -0.2) is 43.8 Å². The van der Waals surface area contributed by atoms with Gasteiger partial charge in [0.15, 0.2) is 11.7 Å². The molecule has 0 radical (unpaired) electrons. The van der Waals surface area contributed by atoms with Crippen molar-refractivity contribution >= 4 is 17.3 Å². The van der Waals surface area contributed by atoms with Crippen LogP contribution in [0.1, 0.15) is 24.5 Å². The van der Waals surface area contributed by atoms with Crippen LogP contribution in [-0.2, 0) is 17.3 Å². The van der Waals surface area contributed by atoms with Crippen LogP contribution in [0, 0.1) is 0 Å². The molecule has 0 fully saturated rings. The standard InChI is InChI=1S/C13H21F3N4OS/c1-4-17-12(19-9(2)7-21-3)18-6-5-11-20-10(8-22-11)13(14,15)16/h8-9H,4-7H2,1-3H3,(H2,17,18,19). The first-order valence-corrected chi connectivity index (χ1v) is 7.80. The Morgan fingerprint density at radius 3 is 2.77 bits per heavy atom. The number of thiazole rings is 1. The summed E-state index contributed by atoms with van der Waals surface area (Å²) in [5, 5.41) is 7.68. The van der Waals surface area contributed by atoms with Crippen molar-refractivity contribution < 1.29 is 17.9 Å². The Kier molecular flexibility index (Phi) is 7.60. The van der Waals surface area contributed by atoms with Gasteiger partial charge in [-0.3, -0.25) is 4.99 Å². The van der Waals surface area contributed by atoms with Gasteiger partial charge in [-0.05, 0) is 13.8 Å². The average Bonchev–Trinajstić information content (AvgIpc) is 2.88. The molecule has 0 aliphatic carbocycles. The van der Waals surface area contributed by atoms with Crippen molar-refractivity contribution in [2.75, 3.05) is 26.8 Å². The molecule has 2 N–H and O–H groups in total. The number of halogens is 3. The number of nitrogens with zero attached hydrogens (tertiary/aromatic N) is 2. The minimum atomic E-state index is -4.38. The van der Waals surface area contributed by atoms with Gasteiger partial charge in [-0.15, -0.1) is 11.3 Å². The lowest BCUT2D eigenvalue weighted by molar-refractivity contribution is -0.140. The van der Waals surface area contributed by atoms with Crippen LogP contribution in [0.25, 0.3) is 0 Å². The second-order valence-electron chi connectivity index (χ2n) is 4.64. The maximum absolute atomic E-state index is 12.5. The molecule has 1 atom stereocenters. The molecule has 0 aliphatic heterocycles. The highest BCUT2D eigenvalue weighted by atomic mass is 32.1. The smallest absolute Gasteiger partial charge is 0.383 e. The molecule has 0 amide bonds. The molecule has 9 heteroatoms. The minimum Gasteiger partial charge on any atom is -0.383 e. The van der Waals surface area contributed by atoms with Crippen molar-refractivity contribution in [2.45, 2.75) is 32.5 Å². The van der Waals surface area contributed by atoms with Crippen molar-refractivity contribution in [3.63, 3.8) is 0 Å². The largest absolute Gasteiger partial charge is 0.434 e. The lowest BCUT2D eigenvalue weighted by atomic mass is 10.4. The summed E-state index contributed by atoms with van der Waals surface area (Å²) in [7, 11) is 1.61. The van der Waals surface area contributed by atoms with Gasteiger partial charge < -0.3 is 15.4 Å². The molecule has 0 saturated carbocycles. The summed E-state index contributed by atoms with van der Waals surface area (Å²) in [4.78, 5) is 7.90. The molecule has 1 aromatic rings. The van der Waals surface area contributed by atoms with Gasteiger partial charge in [0.2, 0.25) is 0 Å². The van der Waals surface area contributed by atoms with Crippen molar-refractivity contribution in [2.24, 2.45) is 4.99 Å². The number of alkyl halides is 3. The molecule has 1 aromatic heterocycles. The maximum atomic E-state index is 12.5. The van der Waals surface area contributed by atoms with Crippen LogP contribution in [0.15, 0.2) is 10.4 Å². The predicted molar refractivity (Wildman–Crippen MR) is 81.3 cm³/mol. The number of rotatable bonds is 7. The van der Waals surface area contributed by atoms with Gasteiger partial charge in [0.05, 0.1) is 11.6 Å². The summed E-state index contributed by atoms with van der Waals surface area (Å²) in [5.74, 6) is 0.611. The van der Waals surface area contributed by atoms with E-state index >= 15 is 0 Å². The molecular formula is C13H21F3N4OS. The monoisotopic (exact) mass is 338 g/mol. The van der Waals surface area contributed by atoms with E-state index in [1.54, 1.807) is 7.11 Å². The maximum Gasteiger partial charge on any atom is 0.434 e. The zero-order valence-electron chi connectivity index (χ0n) is 12.8. The third kappa shape index (κ3) is 6.61. The number of guanidine groups is 1. The second-order valence-corrected chi connectivity index (χ2v) is 5.58. The molecule has 1 rings (SSSR count). The Morgan fingerprint density at radius 1 is 1.50 bits per heavy atom. The molecule has 0 saturated heterocycles. The first-order chi connectivity index (χ1) is 10.4. The van der Waals surface area contributed by atoms with Crippen LogP contribution in [0.5, 0.6) is 0 Å². The molecule has 0 aliphatic rings. The van der Waals surface area contributed by atoms with Gasteiger partial charge in [0.25, 0.3) is 0 Å². The SMILES string of the molecule is CCNC(=NCCc1nc(C(F)(F)F)cs1)NC(C)COC. The zero-order valence-corrected chi connectivity index (χ0v) is 13.6. The summed E-state index contributed by atoms with van der Waals surface area (Å²) in [6, 6.07) is 0.0829. The molecular weight excluding hydrogens is 317 g/mol. The minimum absolute atomic E-state index is 0.0829. The molecule has 1 heterocycles. The van der Waals surface area contributed by atoms with E-state index in [2.05, 4.69) is 20.6 Å². The molecule has 1 unspecified atom stereocenters. The zero-order chi connectivity index (χ0) is 16.6. The van der Waals surface area contributed by atoms with Gasteiger partial charge in [-0.25, -0.2) is 4.98 Å². The van der Waals surface area contributed by atoms with E-state index in [0.29, 0.717) is 37.1 Å². The van der Waals surface area contributed by atoms with E-state index in [4.69, 9.17) is 4.74 Å². The summed E-state index contributed by atoms with van der Waals surface area (Å²) >= 11 is 1.00. The van der Waals surface area contributed by atoms with E-state index in [9.17, 15) is 13.2 Å². The van der Waals surface area contributed by atoms with Crippen molar-refractivity contribution in [3.8, 4) is 0 Å². The highest BCUT2D eigenvalue weighted by Gasteiger charge is 2.33. The number of aromatic nitrogens is 1. The fourth-order valence-electron chi connectivity index (χ4n) is 1.66. The van der Waals surface area contributed by atoms with Gasteiger partial charge in [0.1, 0.15) is 0 Å². The van der Waals surface area contributed by atoms with E-state index < -0.39 is 11.9 Å². The molecule has 126 valence electrons. The second kappa shape index (κ2) is 8.94. The number of methoxy groups -OCH3 is 1. The molecule has 0 bridgehead atoms. The quantitative estimate of drug-likeness (QED) is 0.592. The Labute approximate surface area is 132 Å². The lowest BCUT2D eigenvalue weighted by Gasteiger charge is -2.16. The number of nitrogens with one attached hydrogen (secondary N) is 2. The Bertz CT molecular complexity index is 476. The summed E-state index contributed by atoms with van der Waals surface area (Å²) in [6.07, 6.45) is -4.01. The fraction of sp³-hybridized carbons (Fsp3) is 0.692. The van der Waals surface area contributed by atoms with Crippen molar-refractivity contribution in [1.29, 1.82) is 0 Å². The Balaban J connectivity index is 2.54. The van der Waals surface area contributed by atoms with Gasteiger partial charge in [-0.2, -0.15) is 13.2 Å². The molecule has 5 nitrogen and oxygen atoms in total. The number of hydrogen-bond acceptors (Lipinski definition) is 4. The van der Waals surface area contributed by atoms with Crippen LogP contribution in [0.2, 0.25) is 0 Å². The lowest BCUT2D eigenvalue weighted by Crippen LogP contribution is -2.44. The summed E-state index contributed by atoms with van der Waals surface area (Å²) in [5.41, 5.74) is -0.838. The summed E-state index contributed by atoms with van der Waals surface area (Å²) < 4.78 is 42.4. The highest BCUT2D eigenvalue weighted by Crippen LogP contribution is 2.30. The normalized spacial score (nSPS) is 14.0. The van der Waals surface area contributed by atoms with Crippen LogP contribution in [0.3, 0.4) is 0 Å². The van der Waals surface area contributed by atoms with Crippen LogP contribution in [0.4, 0.5) is 13.2 Å². The summed E-state index contributed by atoms with van der Waals surface area (Å²) in [6.45, 7) is 5.48.